The Bertz CT molecular complexity index is 657. The van der Waals surface area contributed by atoms with Crippen LogP contribution in [0.2, 0.25) is 15.1 Å². The number of nitrogens with zero attached hydrogens (tertiary/aromatic N) is 2. The minimum Gasteiger partial charge on any atom is -0.256 e. The molecule has 0 saturated carbocycles. The largest absolute Gasteiger partial charge is 0.256 e. The van der Waals surface area contributed by atoms with Crippen LogP contribution in [0.3, 0.4) is 0 Å². The lowest BCUT2D eigenvalue weighted by Gasteiger charge is -2.08. The van der Waals surface area contributed by atoms with Crippen molar-refractivity contribution in [2.75, 3.05) is 0 Å². The van der Waals surface area contributed by atoms with E-state index < -0.39 is 5.82 Å². The van der Waals surface area contributed by atoms with Gasteiger partial charge in [-0.15, -0.1) is 0 Å². The van der Waals surface area contributed by atoms with E-state index in [2.05, 4.69) is 4.98 Å². The van der Waals surface area contributed by atoms with Crippen LogP contribution in [0.5, 0.6) is 0 Å². The summed E-state index contributed by atoms with van der Waals surface area (Å²) in [5, 5.41) is 9.56. The molecule has 0 aliphatic rings. The second-order valence-electron chi connectivity index (χ2n) is 3.73. The molecule has 2 nitrogen and oxygen atoms in total. The van der Waals surface area contributed by atoms with Crippen molar-refractivity contribution >= 4 is 34.8 Å². The number of nitriles is 1. The van der Waals surface area contributed by atoms with E-state index >= 15 is 0 Å². The molecule has 0 saturated heterocycles. The number of hydrogen-bond acceptors (Lipinski definition) is 2. The fraction of sp³-hybridized carbons (Fsp3) is 0.0769. The number of pyridine rings is 1. The molecular weight excluding hydrogens is 310 g/mol. The highest BCUT2D eigenvalue weighted by atomic mass is 35.5. The molecule has 0 aliphatic heterocycles. The summed E-state index contributed by atoms with van der Waals surface area (Å²) in [5.74, 6) is -0.568. The molecule has 2 rings (SSSR count). The number of hydrogen-bond donors (Lipinski definition) is 0. The normalized spacial score (nSPS) is 10.3. The molecule has 0 N–H and O–H groups in total. The van der Waals surface area contributed by atoms with Crippen molar-refractivity contribution < 1.29 is 4.39 Å². The fourth-order valence-corrected chi connectivity index (χ4v) is 2.66. The summed E-state index contributed by atoms with van der Waals surface area (Å²) in [6.45, 7) is 0. The molecule has 0 amide bonds. The van der Waals surface area contributed by atoms with E-state index in [9.17, 15) is 4.39 Å². The third-order valence-electron chi connectivity index (χ3n) is 2.46. The topological polar surface area (TPSA) is 36.7 Å². The minimum atomic E-state index is -0.568. The van der Waals surface area contributed by atoms with Crippen LogP contribution in [0.15, 0.2) is 24.4 Å². The third-order valence-corrected chi connectivity index (χ3v) is 3.27. The van der Waals surface area contributed by atoms with E-state index in [1.54, 1.807) is 0 Å². The van der Waals surface area contributed by atoms with E-state index in [4.69, 9.17) is 40.1 Å². The van der Waals surface area contributed by atoms with Crippen molar-refractivity contribution in [1.29, 1.82) is 5.26 Å². The Morgan fingerprint density at radius 3 is 2.32 bits per heavy atom. The van der Waals surface area contributed by atoms with Gasteiger partial charge in [0.25, 0.3) is 0 Å². The van der Waals surface area contributed by atoms with Crippen molar-refractivity contribution in [1.82, 2.24) is 4.98 Å². The van der Waals surface area contributed by atoms with Gasteiger partial charge in [0, 0.05) is 22.3 Å². The number of halogens is 4. The molecule has 0 spiro atoms. The minimum absolute atomic E-state index is 0.0891. The molecule has 0 bridgehead atoms. The summed E-state index contributed by atoms with van der Waals surface area (Å²) in [7, 11) is 0. The van der Waals surface area contributed by atoms with Crippen LogP contribution >= 0.6 is 34.8 Å². The maximum atomic E-state index is 13.7. The summed E-state index contributed by atoms with van der Waals surface area (Å²) in [6.07, 6.45) is 1.34. The molecule has 0 unspecified atom stereocenters. The lowest BCUT2D eigenvalue weighted by molar-refractivity contribution is 0.606. The van der Waals surface area contributed by atoms with E-state index in [1.165, 1.54) is 24.4 Å². The van der Waals surface area contributed by atoms with E-state index in [-0.39, 0.29) is 12.1 Å². The Hall–Kier alpha value is -1.34. The van der Waals surface area contributed by atoms with Gasteiger partial charge in [-0.3, -0.25) is 4.98 Å². The standard InChI is InChI=1S/C13H6Cl3FN2/c14-8-4-9(15)13(10(16)5-8)7-3-11(17)12(1-2-18)19-6-7/h3-6H,1H2. The highest BCUT2D eigenvalue weighted by Gasteiger charge is 2.13. The molecular formula is C13H6Cl3FN2. The predicted molar refractivity (Wildman–Crippen MR) is 74.0 cm³/mol. The van der Waals surface area contributed by atoms with Gasteiger partial charge in [-0.25, -0.2) is 4.39 Å². The van der Waals surface area contributed by atoms with Crippen molar-refractivity contribution in [3.05, 3.63) is 51.0 Å². The fourth-order valence-electron chi connectivity index (χ4n) is 1.63. The molecule has 2 aromatic rings. The Morgan fingerprint density at radius 2 is 1.79 bits per heavy atom. The van der Waals surface area contributed by atoms with Crippen molar-refractivity contribution in [3.63, 3.8) is 0 Å². The van der Waals surface area contributed by atoms with Crippen molar-refractivity contribution in [2.24, 2.45) is 0 Å². The monoisotopic (exact) mass is 314 g/mol. The van der Waals surface area contributed by atoms with Crippen LogP contribution in [-0.4, -0.2) is 4.98 Å². The summed E-state index contributed by atoms with van der Waals surface area (Å²) < 4.78 is 13.7. The lowest BCUT2D eigenvalue weighted by Crippen LogP contribution is -1.95. The van der Waals surface area contributed by atoms with Gasteiger partial charge in [0.05, 0.1) is 28.2 Å². The first-order chi connectivity index (χ1) is 9.02. The number of benzene rings is 1. The van der Waals surface area contributed by atoms with Gasteiger partial charge in [0.15, 0.2) is 0 Å². The van der Waals surface area contributed by atoms with Gasteiger partial charge in [-0.2, -0.15) is 5.26 Å². The van der Waals surface area contributed by atoms with Crippen LogP contribution in [0.25, 0.3) is 11.1 Å². The average Bonchev–Trinajstić information content (AvgIpc) is 2.31. The smallest absolute Gasteiger partial charge is 0.146 e. The summed E-state index contributed by atoms with van der Waals surface area (Å²) in [4.78, 5) is 3.90. The zero-order valence-electron chi connectivity index (χ0n) is 9.42. The van der Waals surface area contributed by atoms with Gasteiger partial charge in [-0.1, -0.05) is 34.8 Å². The number of aromatic nitrogens is 1. The molecule has 6 heteroatoms. The summed E-state index contributed by atoms with van der Waals surface area (Å²) >= 11 is 17.9. The molecule has 0 radical (unpaired) electrons. The highest BCUT2D eigenvalue weighted by Crippen LogP contribution is 2.37. The molecule has 0 atom stereocenters. The average molecular weight is 316 g/mol. The van der Waals surface area contributed by atoms with E-state index in [1.807, 2.05) is 6.07 Å². The van der Waals surface area contributed by atoms with Crippen LogP contribution in [0.1, 0.15) is 5.69 Å². The van der Waals surface area contributed by atoms with Crippen LogP contribution < -0.4 is 0 Å². The van der Waals surface area contributed by atoms with Gasteiger partial charge in [0.2, 0.25) is 0 Å². The van der Waals surface area contributed by atoms with Crippen molar-refractivity contribution in [2.45, 2.75) is 6.42 Å². The van der Waals surface area contributed by atoms with Crippen LogP contribution in [-0.2, 0) is 6.42 Å². The van der Waals surface area contributed by atoms with Gasteiger partial charge < -0.3 is 0 Å². The summed E-state index contributed by atoms with van der Waals surface area (Å²) in [5.41, 5.74) is 0.987. The van der Waals surface area contributed by atoms with Crippen molar-refractivity contribution in [3.8, 4) is 17.2 Å². The zero-order chi connectivity index (χ0) is 14.0. The maximum Gasteiger partial charge on any atom is 0.146 e. The molecule has 1 aromatic heterocycles. The first-order valence-electron chi connectivity index (χ1n) is 5.19. The second-order valence-corrected chi connectivity index (χ2v) is 4.98. The Labute approximate surface area is 124 Å². The molecule has 19 heavy (non-hydrogen) atoms. The van der Waals surface area contributed by atoms with E-state index in [0.29, 0.717) is 26.2 Å². The molecule has 0 fully saturated rings. The third kappa shape index (κ3) is 2.98. The van der Waals surface area contributed by atoms with Gasteiger partial charge >= 0.3 is 0 Å². The zero-order valence-corrected chi connectivity index (χ0v) is 11.7. The summed E-state index contributed by atoms with van der Waals surface area (Å²) in [6, 6.07) is 6.13. The van der Waals surface area contributed by atoms with Gasteiger partial charge in [-0.05, 0) is 18.2 Å². The lowest BCUT2D eigenvalue weighted by atomic mass is 10.1. The number of rotatable bonds is 2. The van der Waals surface area contributed by atoms with Gasteiger partial charge in [0.1, 0.15) is 5.82 Å². The second kappa shape index (κ2) is 5.75. The van der Waals surface area contributed by atoms with Crippen LogP contribution in [0.4, 0.5) is 4.39 Å². The first kappa shape index (κ1) is 14.1. The quantitative estimate of drug-likeness (QED) is 0.789. The Balaban J connectivity index is 2.55. The molecule has 0 aliphatic carbocycles. The molecule has 96 valence electrons. The predicted octanol–water partition coefficient (Wildman–Crippen LogP) is 4.91. The first-order valence-corrected chi connectivity index (χ1v) is 6.32. The Kier molecular flexibility index (Phi) is 4.26. The molecule has 1 heterocycles. The Morgan fingerprint density at radius 1 is 1.16 bits per heavy atom. The molecule has 1 aromatic carbocycles. The maximum absolute atomic E-state index is 13.7. The van der Waals surface area contributed by atoms with Crippen LogP contribution in [0, 0.1) is 17.1 Å². The highest BCUT2D eigenvalue weighted by molar-refractivity contribution is 6.41. The van der Waals surface area contributed by atoms with E-state index in [0.717, 1.165) is 0 Å². The SMILES string of the molecule is N#CCc1ncc(-c2c(Cl)cc(Cl)cc2Cl)cc1F.